The Morgan fingerprint density at radius 2 is 1.50 bits per heavy atom. The van der Waals surface area contributed by atoms with Crippen molar-refractivity contribution < 1.29 is 9.90 Å². The van der Waals surface area contributed by atoms with Gasteiger partial charge in [-0.15, -0.1) is 0 Å². The number of hydrogen-bond donors (Lipinski definition) is 1. The van der Waals surface area contributed by atoms with Gasteiger partial charge in [0.1, 0.15) is 0 Å². The molecule has 3 aromatic rings. The van der Waals surface area contributed by atoms with E-state index >= 15 is 0 Å². The van der Waals surface area contributed by atoms with Crippen molar-refractivity contribution in [1.29, 1.82) is 0 Å². The zero-order chi connectivity index (χ0) is 22.3. The lowest BCUT2D eigenvalue weighted by atomic mass is 9.96. The molecule has 1 heterocycles. The fourth-order valence-corrected chi connectivity index (χ4v) is 4.36. The van der Waals surface area contributed by atoms with E-state index in [0.29, 0.717) is 0 Å². The van der Waals surface area contributed by atoms with Gasteiger partial charge in [-0.3, -0.25) is 9.80 Å². The normalized spacial score (nSPS) is 16.3. The summed E-state index contributed by atoms with van der Waals surface area (Å²) < 4.78 is 0. The molecule has 1 saturated heterocycles. The second-order valence-electron chi connectivity index (χ2n) is 8.09. The van der Waals surface area contributed by atoms with Crippen molar-refractivity contribution in [3.05, 3.63) is 112 Å². The molecule has 1 unspecified atom stereocenters. The van der Waals surface area contributed by atoms with Crippen LogP contribution in [0.3, 0.4) is 0 Å². The lowest BCUT2D eigenvalue weighted by molar-refractivity contribution is -0.131. The Hall–Kier alpha value is -2.92. The van der Waals surface area contributed by atoms with Crippen molar-refractivity contribution in [3.8, 4) is 0 Å². The van der Waals surface area contributed by atoms with Crippen molar-refractivity contribution in [2.75, 3.05) is 26.2 Å². The number of benzene rings is 3. The fourth-order valence-electron chi connectivity index (χ4n) is 4.23. The summed E-state index contributed by atoms with van der Waals surface area (Å²) in [5, 5.41) is 9.52. The molecule has 3 aromatic carbocycles. The number of carboxylic acid groups (broad SMARTS) is 1. The molecule has 1 aliphatic rings. The summed E-state index contributed by atoms with van der Waals surface area (Å²) in [6.45, 7) is 4.87. The van der Waals surface area contributed by atoms with Gasteiger partial charge in [0, 0.05) is 43.8 Å². The average molecular weight is 447 g/mol. The summed E-state index contributed by atoms with van der Waals surface area (Å²) >= 11 is 6.14. The van der Waals surface area contributed by atoms with Crippen molar-refractivity contribution in [2.45, 2.75) is 12.6 Å². The summed E-state index contributed by atoms with van der Waals surface area (Å²) in [7, 11) is 0. The third-order valence-corrected chi connectivity index (χ3v) is 6.13. The van der Waals surface area contributed by atoms with E-state index in [-0.39, 0.29) is 6.04 Å². The number of carbonyl (C=O) groups is 1. The summed E-state index contributed by atoms with van der Waals surface area (Å²) in [6.07, 6.45) is 2.78. The topological polar surface area (TPSA) is 43.8 Å². The zero-order valence-corrected chi connectivity index (χ0v) is 18.7. The maximum atomic E-state index is 10.7. The molecule has 0 bridgehead atoms. The van der Waals surface area contributed by atoms with E-state index in [1.165, 1.54) is 16.7 Å². The molecule has 4 rings (SSSR count). The first kappa shape index (κ1) is 22.3. The van der Waals surface area contributed by atoms with Crippen molar-refractivity contribution in [3.63, 3.8) is 0 Å². The van der Waals surface area contributed by atoms with Gasteiger partial charge in [-0.25, -0.2) is 4.79 Å². The van der Waals surface area contributed by atoms with Gasteiger partial charge in [-0.05, 0) is 40.5 Å². The Bertz CT molecular complexity index is 1040. The minimum absolute atomic E-state index is 0.218. The molecule has 0 radical (unpaired) electrons. The van der Waals surface area contributed by atoms with Crippen molar-refractivity contribution in [2.24, 2.45) is 0 Å². The zero-order valence-electron chi connectivity index (χ0n) is 17.9. The minimum atomic E-state index is -0.931. The number of nitrogens with zero attached hydrogens (tertiary/aromatic N) is 2. The number of halogens is 1. The fraction of sp³-hybridized carbons (Fsp3) is 0.222. The highest BCUT2D eigenvalue weighted by Gasteiger charge is 2.26. The molecule has 1 aliphatic heterocycles. The molecule has 164 valence electrons. The molecule has 1 fully saturated rings. The maximum absolute atomic E-state index is 10.7. The van der Waals surface area contributed by atoms with Crippen LogP contribution < -0.4 is 0 Å². The molecule has 1 N–H and O–H groups in total. The van der Waals surface area contributed by atoms with Crippen LogP contribution in [0.25, 0.3) is 6.08 Å². The van der Waals surface area contributed by atoms with Crippen molar-refractivity contribution >= 4 is 23.6 Å². The summed E-state index contributed by atoms with van der Waals surface area (Å²) in [5.41, 5.74) is 4.70. The Balaban J connectivity index is 1.41. The average Bonchev–Trinajstić information content (AvgIpc) is 2.82. The quantitative estimate of drug-likeness (QED) is 0.497. The highest BCUT2D eigenvalue weighted by molar-refractivity contribution is 6.30. The largest absolute Gasteiger partial charge is 0.478 e. The Labute approximate surface area is 194 Å². The SMILES string of the molecule is O=C(O)C=Cc1ccc(CN2CCN(C(c3ccccc3)c3ccc(Cl)cc3)CC2)cc1. The predicted octanol–water partition coefficient (Wildman–Crippen LogP) is 5.35. The minimum Gasteiger partial charge on any atom is -0.478 e. The smallest absolute Gasteiger partial charge is 0.328 e. The third kappa shape index (κ3) is 5.86. The van der Waals surface area contributed by atoms with Gasteiger partial charge >= 0.3 is 5.97 Å². The van der Waals surface area contributed by atoms with Gasteiger partial charge in [-0.1, -0.05) is 78.3 Å². The van der Waals surface area contributed by atoms with E-state index in [0.717, 1.165) is 49.4 Å². The second kappa shape index (κ2) is 10.6. The molecule has 32 heavy (non-hydrogen) atoms. The number of carboxylic acids is 1. The van der Waals surface area contributed by atoms with Crippen LogP contribution in [-0.2, 0) is 11.3 Å². The first-order valence-corrected chi connectivity index (χ1v) is 11.2. The first-order valence-electron chi connectivity index (χ1n) is 10.9. The van der Waals surface area contributed by atoms with Gasteiger partial charge in [0.05, 0.1) is 6.04 Å². The van der Waals surface area contributed by atoms with Crippen LogP contribution in [0.5, 0.6) is 0 Å². The van der Waals surface area contributed by atoms with E-state index in [2.05, 4.69) is 64.4 Å². The van der Waals surface area contributed by atoms with Gasteiger partial charge in [-0.2, -0.15) is 0 Å². The van der Waals surface area contributed by atoms with Crippen LogP contribution >= 0.6 is 11.6 Å². The number of piperazine rings is 1. The van der Waals surface area contributed by atoms with E-state index < -0.39 is 5.97 Å². The Morgan fingerprint density at radius 3 is 2.12 bits per heavy atom. The monoisotopic (exact) mass is 446 g/mol. The summed E-state index contributed by atoms with van der Waals surface area (Å²) in [4.78, 5) is 15.7. The number of aliphatic carboxylic acids is 1. The molecular weight excluding hydrogens is 420 g/mol. The Morgan fingerprint density at radius 1 is 0.875 bits per heavy atom. The van der Waals surface area contributed by atoms with Crippen LogP contribution in [0, 0.1) is 0 Å². The van der Waals surface area contributed by atoms with Gasteiger partial charge in [0.15, 0.2) is 0 Å². The molecule has 0 amide bonds. The second-order valence-corrected chi connectivity index (χ2v) is 8.53. The summed E-state index contributed by atoms with van der Waals surface area (Å²) in [6, 6.07) is 27.2. The van der Waals surface area contributed by atoms with Crippen LogP contribution in [0.4, 0.5) is 0 Å². The Kier molecular flexibility index (Phi) is 7.38. The van der Waals surface area contributed by atoms with Crippen molar-refractivity contribution in [1.82, 2.24) is 9.80 Å². The molecule has 0 aliphatic carbocycles. The molecule has 0 saturated carbocycles. The van der Waals surface area contributed by atoms with E-state index in [4.69, 9.17) is 16.7 Å². The molecule has 4 nitrogen and oxygen atoms in total. The maximum Gasteiger partial charge on any atom is 0.328 e. The third-order valence-electron chi connectivity index (χ3n) is 5.88. The predicted molar refractivity (Wildman–Crippen MR) is 130 cm³/mol. The van der Waals surface area contributed by atoms with Gasteiger partial charge in [0.2, 0.25) is 0 Å². The molecule has 1 atom stereocenters. The molecular formula is C27H27ClN2O2. The lowest BCUT2D eigenvalue weighted by Gasteiger charge is -2.40. The van der Waals surface area contributed by atoms with E-state index in [1.54, 1.807) is 6.08 Å². The standard InChI is InChI=1S/C27H27ClN2O2/c28-25-13-11-24(12-14-25)27(23-4-2-1-3-5-23)30-18-16-29(17-19-30)20-22-8-6-21(7-9-22)10-15-26(31)32/h1-15,27H,16-20H2,(H,31,32). The van der Waals surface area contributed by atoms with Crippen LogP contribution in [0.2, 0.25) is 5.02 Å². The molecule has 5 heteroatoms. The van der Waals surface area contributed by atoms with Crippen LogP contribution in [-0.4, -0.2) is 47.1 Å². The molecule has 0 aromatic heterocycles. The molecule has 0 spiro atoms. The van der Waals surface area contributed by atoms with E-state index in [9.17, 15) is 4.79 Å². The number of hydrogen-bond acceptors (Lipinski definition) is 3. The summed E-state index contributed by atoms with van der Waals surface area (Å²) in [5.74, 6) is -0.931. The number of rotatable bonds is 7. The first-order chi connectivity index (χ1) is 15.6. The highest BCUT2D eigenvalue weighted by atomic mass is 35.5. The van der Waals surface area contributed by atoms with Gasteiger partial charge < -0.3 is 5.11 Å². The lowest BCUT2D eigenvalue weighted by Crippen LogP contribution is -2.47. The van der Waals surface area contributed by atoms with E-state index in [1.807, 2.05) is 24.3 Å². The van der Waals surface area contributed by atoms with Gasteiger partial charge in [0.25, 0.3) is 0 Å². The van der Waals surface area contributed by atoms with Crippen LogP contribution in [0.1, 0.15) is 28.3 Å². The highest BCUT2D eigenvalue weighted by Crippen LogP contribution is 2.30. The van der Waals surface area contributed by atoms with Crippen LogP contribution in [0.15, 0.2) is 84.9 Å².